The molecule has 1 unspecified atom stereocenters. The van der Waals surface area contributed by atoms with Gasteiger partial charge < -0.3 is 4.74 Å². The second kappa shape index (κ2) is 13.1. The molecule has 1 aromatic carbocycles. The number of rotatable bonds is 14. The second-order valence-electron chi connectivity index (χ2n) is 7.00. The van der Waals surface area contributed by atoms with Gasteiger partial charge in [-0.3, -0.25) is 9.63 Å². The lowest BCUT2D eigenvalue weighted by Gasteiger charge is -2.21. The van der Waals surface area contributed by atoms with Crippen LogP contribution in [0.15, 0.2) is 66.5 Å². The number of ketones is 1. The smallest absolute Gasteiger partial charge is 0.196 e. The van der Waals surface area contributed by atoms with Crippen molar-refractivity contribution in [2.75, 3.05) is 13.2 Å². The maximum atomic E-state index is 12.8. The maximum Gasteiger partial charge on any atom is 0.196 e. The molecule has 1 aromatic rings. The number of benzene rings is 1. The zero-order valence-electron chi connectivity index (χ0n) is 17.0. The average Bonchev–Trinajstić information content (AvgIpc) is 2.74. The van der Waals surface area contributed by atoms with Crippen LogP contribution in [-0.4, -0.2) is 25.0 Å². The predicted octanol–water partition coefficient (Wildman–Crippen LogP) is 5.54. The first-order chi connectivity index (χ1) is 13.8. The van der Waals surface area contributed by atoms with E-state index in [9.17, 15) is 4.79 Å². The normalized spacial score (nSPS) is 16.2. The van der Waals surface area contributed by atoms with Crippen molar-refractivity contribution in [1.29, 1.82) is 0 Å². The number of nitrogens with one attached hydrogen (secondary N) is 1. The molecule has 1 atom stereocenters. The highest BCUT2D eigenvalue weighted by Crippen LogP contribution is 2.25. The van der Waals surface area contributed by atoms with E-state index in [2.05, 4.69) is 19.0 Å². The lowest BCUT2D eigenvalue weighted by Crippen LogP contribution is -2.26. The van der Waals surface area contributed by atoms with Gasteiger partial charge in [0.2, 0.25) is 0 Å². The minimum atomic E-state index is -0.146. The number of Topliss-reactive ketones (excluding diaryl/α,β-unsaturated/α-hetero) is 1. The highest BCUT2D eigenvalue weighted by molar-refractivity contribution is 6.11. The molecule has 1 N–H and O–H groups in total. The Morgan fingerprint density at radius 3 is 2.68 bits per heavy atom. The average molecular weight is 384 g/mol. The summed E-state index contributed by atoms with van der Waals surface area (Å²) in [6, 6.07) is 9.26. The van der Waals surface area contributed by atoms with Crippen molar-refractivity contribution in [3.63, 3.8) is 0 Å². The first-order valence-corrected chi connectivity index (χ1v) is 10.4. The zero-order chi connectivity index (χ0) is 20.0. The van der Waals surface area contributed by atoms with Crippen LogP contribution in [0.4, 0.5) is 0 Å². The largest absolute Gasteiger partial charge is 0.489 e. The van der Waals surface area contributed by atoms with Crippen molar-refractivity contribution in [2.24, 2.45) is 0 Å². The van der Waals surface area contributed by atoms with Crippen molar-refractivity contribution in [3.8, 4) is 0 Å². The summed E-state index contributed by atoms with van der Waals surface area (Å²) < 4.78 is 5.75. The van der Waals surface area contributed by atoms with E-state index in [0.717, 1.165) is 13.0 Å². The molecule has 0 fully saturated rings. The number of hydroxylamine groups is 1. The summed E-state index contributed by atoms with van der Waals surface area (Å²) in [4.78, 5) is 18.6. The topological polar surface area (TPSA) is 47.6 Å². The molecule has 4 heteroatoms. The third-order valence-electron chi connectivity index (χ3n) is 4.66. The van der Waals surface area contributed by atoms with Crippen LogP contribution in [0.2, 0.25) is 0 Å². The van der Waals surface area contributed by atoms with E-state index < -0.39 is 0 Å². The van der Waals surface area contributed by atoms with Gasteiger partial charge in [0.05, 0.1) is 5.57 Å². The minimum Gasteiger partial charge on any atom is -0.489 e. The number of carbonyl (C=O) groups excluding carboxylic acids is 1. The fraction of sp³-hybridized carbons (Fsp3) is 0.458. The first-order valence-electron chi connectivity index (χ1n) is 10.4. The molecule has 0 aromatic heterocycles. The molecule has 4 nitrogen and oxygen atoms in total. The van der Waals surface area contributed by atoms with Crippen LogP contribution >= 0.6 is 0 Å². The maximum absolute atomic E-state index is 12.8. The first kappa shape index (κ1) is 22.1. The van der Waals surface area contributed by atoms with Crippen LogP contribution in [0, 0.1) is 0 Å². The van der Waals surface area contributed by atoms with Gasteiger partial charge in [-0.1, -0.05) is 88.1 Å². The van der Waals surface area contributed by atoms with Gasteiger partial charge in [0, 0.05) is 12.1 Å². The Hall–Kier alpha value is -2.17. The van der Waals surface area contributed by atoms with Gasteiger partial charge in [0.1, 0.15) is 18.5 Å². The zero-order valence-corrected chi connectivity index (χ0v) is 17.0. The number of carbonyl (C=O) groups is 1. The molecule has 0 saturated carbocycles. The molecule has 0 saturated heterocycles. The van der Waals surface area contributed by atoms with Gasteiger partial charge in [0.15, 0.2) is 5.78 Å². The molecule has 0 heterocycles. The van der Waals surface area contributed by atoms with E-state index >= 15 is 0 Å². The Balaban J connectivity index is 1.85. The molecule has 28 heavy (non-hydrogen) atoms. The van der Waals surface area contributed by atoms with E-state index in [1.807, 2.05) is 42.5 Å². The van der Waals surface area contributed by atoms with Gasteiger partial charge in [0.25, 0.3) is 0 Å². The SMILES string of the molecule is C=CCOC1=CC(ONCCCCCCCC)CC=C1C(=O)c1ccccc1. The van der Waals surface area contributed by atoms with Crippen molar-refractivity contribution in [2.45, 2.75) is 58.0 Å². The third-order valence-corrected chi connectivity index (χ3v) is 4.66. The number of unbranched alkanes of at least 4 members (excludes halogenated alkanes) is 5. The standard InChI is InChI=1S/C24H33NO3/c1-3-5-6-7-8-12-17-25-28-21-15-16-22(23(19-21)27-18-4-2)24(26)20-13-10-9-11-14-20/h4,9-11,13-14,16,19,21,25H,2-3,5-8,12,15,17-18H2,1H3. The molecular weight excluding hydrogens is 350 g/mol. The lowest BCUT2D eigenvalue weighted by atomic mass is 9.95. The Morgan fingerprint density at radius 1 is 1.18 bits per heavy atom. The summed E-state index contributed by atoms with van der Waals surface area (Å²) in [5.74, 6) is 0.528. The van der Waals surface area contributed by atoms with Crippen LogP contribution in [0.3, 0.4) is 0 Å². The van der Waals surface area contributed by atoms with Gasteiger partial charge in [-0.05, 0) is 18.9 Å². The molecule has 1 aliphatic rings. The summed E-state index contributed by atoms with van der Waals surface area (Å²) in [6.07, 6.45) is 13.5. The Morgan fingerprint density at radius 2 is 1.93 bits per heavy atom. The quantitative estimate of drug-likeness (QED) is 0.198. The van der Waals surface area contributed by atoms with Crippen LogP contribution < -0.4 is 5.48 Å². The van der Waals surface area contributed by atoms with Gasteiger partial charge in [-0.25, -0.2) is 5.48 Å². The van der Waals surface area contributed by atoms with E-state index in [0.29, 0.717) is 29.9 Å². The molecule has 152 valence electrons. The summed E-state index contributed by atoms with van der Waals surface area (Å²) in [5, 5.41) is 0. The van der Waals surface area contributed by atoms with Crippen molar-refractivity contribution in [1.82, 2.24) is 5.48 Å². The van der Waals surface area contributed by atoms with Crippen LogP contribution in [0.5, 0.6) is 0 Å². The van der Waals surface area contributed by atoms with Crippen molar-refractivity contribution >= 4 is 5.78 Å². The number of hydrogen-bond donors (Lipinski definition) is 1. The van der Waals surface area contributed by atoms with Crippen LogP contribution in [0.25, 0.3) is 0 Å². The fourth-order valence-corrected chi connectivity index (χ4v) is 3.11. The highest BCUT2D eigenvalue weighted by atomic mass is 16.7. The molecule has 0 amide bonds. The van der Waals surface area contributed by atoms with Gasteiger partial charge in [-0.15, -0.1) is 0 Å². The van der Waals surface area contributed by atoms with Crippen molar-refractivity contribution in [3.05, 3.63) is 72.0 Å². The fourth-order valence-electron chi connectivity index (χ4n) is 3.11. The van der Waals surface area contributed by atoms with Crippen molar-refractivity contribution < 1.29 is 14.4 Å². The monoisotopic (exact) mass is 383 g/mol. The lowest BCUT2D eigenvalue weighted by molar-refractivity contribution is -0.00136. The molecule has 2 rings (SSSR count). The molecule has 0 aliphatic heterocycles. The van der Waals surface area contributed by atoms with E-state index in [1.165, 1.54) is 32.1 Å². The van der Waals surface area contributed by atoms with Gasteiger partial charge in [-0.2, -0.15) is 0 Å². The number of allylic oxidation sites excluding steroid dienone is 1. The summed E-state index contributed by atoms with van der Waals surface area (Å²) >= 11 is 0. The predicted molar refractivity (Wildman–Crippen MR) is 114 cm³/mol. The van der Waals surface area contributed by atoms with E-state index in [-0.39, 0.29) is 11.9 Å². The molecule has 0 bridgehead atoms. The third kappa shape index (κ3) is 7.45. The molecule has 0 radical (unpaired) electrons. The summed E-state index contributed by atoms with van der Waals surface area (Å²) in [7, 11) is 0. The van der Waals surface area contributed by atoms with Crippen LogP contribution in [-0.2, 0) is 9.57 Å². The molecule has 1 aliphatic carbocycles. The Labute approximate surface area is 169 Å². The van der Waals surface area contributed by atoms with Crippen LogP contribution in [0.1, 0.15) is 62.2 Å². The summed E-state index contributed by atoms with van der Waals surface area (Å²) in [5.41, 5.74) is 4.31. The summed E-state index contributed by atoms with van der Waals surface area (Å²) in [6.45, 7) is 7.10. The second-order valence-corrected chi connectivity index (χ2v) is 7.00. The van der Waals surface area contributed by atoms with E-state index in [4.69, 9.17) is 9.57 Å². The minimum absolute atomic E-state index is 0.0330. The highest BCUT2D eigenvalue weighted by Gasteiger charge is 2.23. The molecule has 0 spiro atoms. The Bertz CT molecular complexity index is 664. The van der Waals surface area contributed by atoms with E-state index in [1.54, 1.807) is 6.08 Å². The molecular formula is C24H33NO3. The number of hydrogen-bond acceptors (Lipinski definition) is 4. The Kier molecular flexibility index (Phi) is 10.3. The van der Waals surface area contributed by atoms with Gasteiger partial charge >= 0.3 is 0 Å². The number of ether oxygens (including phenoxy) is 1.